The summed E-state index contributed by atoms with van der Waals surface area (Å²) in [5.74, 6) is 0.225. The second kappa shape index (κ2) is 4.95. The van der Waals surface area contributed by atoms with E-state index in [1.54, 1.807) is 12.1 Å². The molecule has 0 saturated carbocycles. The molecule has 1 aliphatic rings. The van der Waals surface area contributed by atoms with Crippen LogP contribution in [0.5, 0.6) is 0 Å². The summed E-state index contributed by atoms with van der Waals surface area (Å²) in [6, 6.07) is 3.70. The van der Waals surface area contributed by atoms with Crippen LogP contribution < -0.4 is 10.6 Å². The van der Waals surface area contributed by atoms with Crippen molar-refractivity contribution in [2.24, 2.45) is 5.73 Å². The van der Waals surface area contributed by atoms with E-state index < -0.39 is 5.91 Å². The van der Waals surface area contributed by atoms with Gasteiger partial charge in [-0.1, -0.05) is 6.08 Å². The van der Waals surface area contributed by atoms with Crippen molar-refractivity contribution >= 4 is 11.7 Å². The van der Waals surface area contributed by atoms with Gasteiger partial charge >= 0.3 is 0 Å². The Morgan fingerprint density at radius 3 is 2.88 bits per heavy atom. The van der Waals surface area contributed by atoms with Crippen LogP contribution in [0.15, 0.2) is 24.8 Å². The Morgan fingerprint density at radius 1 is 1.47 bits per heavy atom. The lowest BCUT2D eigenvalue weighted by Crippen LogP contribution is -2.38. The molecule has 1 amide bonds. The molecule has 1 fully saturated rings. The molecule has 0 spiro atoms. The summed E-state index contributed by atoms with van der Waals surface area (Å²) in [5.41, 5.74) is 5.32. The van der Waals surface area contributed by atoms with Crippen LogP contribution in [-0.2, 0) is 0 Å². The number of aromatic nitrogens is 2. The average molecular weight is 232 g/mol. The van der Waals surface area contributed by atoms with Crippen LogP contribution in [0.3, 0.4) is 0 Å². The largest absolute Gasteiger partial charge is 0.364 e. The molecule has 1 aliphatic heterocycles. The van der Waals surface area contributed by atoms with E-state index in [9.17, 15) is 4.79 Å². The quantitative estimate of drug-likeness (QED) is 0.793. The minimum Gasteiger partial charge on any atom is -0.364 e. The number of primary amides is 1. The van der Waals surface area contributed by atoms with E-state index in [4.69, 9.17) is 5.73 Å². The number of carbonyl (C=O) groups excluding carboxylic acids is 1. The van der Waals surface area contributed by atoms with Gasteiger partial charge in [0.1, 0.15) is 0 Å². The number of hydrogen-bond acceptors (Lipinski definition) is 4. The fourth-order valence-corrected chi connectivity index (χ4v) is 2.10. The van der Waals surface area contributed by atoms with Crippen LogP contribution in [0.4, 0.5) is 5.82 Å². The molecule has 0 aromatic carbocycles. The van der Waals surface area contributed by atoms with Crippen LogP contribution in [0.25, 0.3) is 0 Å². The number of hydrogen-bond donors (Lipinski definition) is 1. The first-order valence-electron chi connectivity index (χ1n) is 5.75. The smallest absolute Gasteiger partial charge is 0.269 e. The van der Waals surface area contributed by atoms with Crippen LogP contribution >= 0.6 is 0 Å². The van der Waals surface area contributed by atoms with Gasteiger partial charge in [0.25, 0.3) is 5.91 Å². The minimum absolute atomic E-state index is 0.195. The van der Waals surface area contributed by atoms with Crippen molar-refractivity contribution in [3.63, 3.8) is 0 Å². The van der Waals surface area contributed by atoms with Crippen molar-refractivity contribution in [3.05, 3.63) is 30.5 Å². The fraction of sp³-hybridized carbons (Fsp3) is 0.417. The molecule has 0 bridgehead atoms. The highest BCUT2D eigenvalue weighted by Crippen LogP contribution is 2.23. The number of amides is 1. The molecular weight excluding hydrogens is 216 g/mol. The van der Waals surface area contributed by atoms with Gasteiger partial charge in [-0.05, 0) is 31.4 Å². The molecule has 2 heterocycles. The average Bonchev–Trinajstić information content (AvgIpc) is 2.39. The highest BCUT2D eigenvalue weighted by molar-refractivity contribution is 5.90. The summed E-state index contributed by atoms with van der Waals surface area (Å²) in [5, 5.41) is 7.87. The maximum atomic E-state index is 10.9. The lowest BCUT2D eigenvalue weighted by molar-refractivity contribution is 0.0994. The summed E-state index contributed by atoms with van der Waals surface area (Å²) in [6.07, 6.45) is 5.37. The summed E-state index contributed by atoms with van der Waals surface area (Å²) in [4.78, 5) is 13.1. The third-order valence-corrected chi connectivity index (χ3v) is 3.02. The molecule has 2 N–H and O–H groups in total. The number of rotatable bonds is 3. The predicted molar refractivity (Wildman–Crippen MR) is 65.7 cm³/mol. The predicted octanol–water partition coefficient (Wildman–Crippen LogP) is 1.12. The zero-order valence-corrected chi connectivity index (χ0v) is 9.67. The Morgan fingerprint density at radius 2 is 2.29 bits per heavy atom. The van der Waals surface area contributed by atoms with Crippen LogP contribution in [0.2, 0.25) is 0 Å². The molecule has 17 heavy (non-hydrogen) atoms. The van der Waals surface area contributed by atoms with Gasteiger partial charge in [-0.25, -0.2) is 0 Å². The monoisotopic (exact) mass is 232 g/mol. The normalized spacial score (nSPS) is 20.0. The first-order valence-corrected chi connectivity index (χ1v) is 5.75. The fourth-order valence-electron chi connectivity index (χ4n) is 2.10. The Labute approximate surface area is 100 Å². The SMILES string of the molecule is C=CC1CCCCN1c1ccc(C(N)=O)nn1. The van der Waals surface area contributed by atoms with Gasteiger partial charge in [-0.2, -0.15) is 0 Å². The molecule has 0 radical (unpaired) electrons. The molecule has 5 heteroatoms. The van der Waals surface area contributed by atoms with Gasteiger partial charge in [0.05, 0.1) is 0 Å². The van der Waals surface area contributed by atoms with Crippen molar-refractivity contribution in [3.8, 4) is 0 Å². The van der Waals surface area contributed by atoms with E-state index in [2.05, 4.69) is 21.7 Å². The molecule has 1 unspecified atom stereocenters. The zero-order chi connectivity index (χ0) is 12.3. The van der Waals surface area contributed by atoms with Crippen LogP contribution in [-0.4, -0.2) is 28.7 Å². The Bertz CT molecular complexity index is 415. The first kappa shape index (κ1) is 11.6. The number of anilines is 1. The summed E-state index contributed by atoms with van der Waals surface area (Å²) in [7, 11) is 0. The minimum atomic E-state index is -0.553. The van der Waals surface area contributed by atoms with E-state index >= 15 is 0 Å². The number of nitrogens with zero attached hydrogens (tertiary/aromatic N) is 3. The molecule has 2 rings (SSSR count). The Balaban J connectivity index is 2.20. The lowest BCUT2D eigenvalue weighted by Gasteiger charge is -2.34. The maximum absolute atomic E-state index is 10.9. The second-order valence-electron chi connectivity index (χ2n) is 4.13. The number of carbonyl (C=O) groups is 1. The van der Waals surface area contributed by atoms with Crippen molar-refractivity contribution in [2.75, 3.05) is 11.4 Å². The van der Waals surface area contributed by atoms with Crippen molar-refractivity contribution in [2.45, 2.75) is 25.3 Å². The second-order valence-corrected chi connectivity index (χ2v) is 4.13. The standard InChI is InChI=1S/C12H16N4O/c1-2-9-5-3-4-8-16(9)11-7-6-10(12(13)17)14-15-11/h2,6-7,9H,1,3-5,8H2,(H2,13,17). The number of piperidine rings is 1. The van der Waals surface area contributed by atoms with Gasteiger partial charge in [-0.3, -0.25) is 4.79 Å². The first-order chi connectivity index (χ1) is 8.22. The zero-order valence-electron chi connectivity index (χ0n) is 9.67. The topological polar surface area (TPSA) is 72.1 Å². The molecule has 1 saturated heterocycles. The maximum Gasteiger partial charge on any atom is 0.269 e. The molecule has 90 valence electrons. The van der Waals surface area contributed by atoms with E-state index in [0.717, 1.165) is 25.2 Å². The van der Waals surface area contributed by atoms with Gasteiger partial charge in [-0.15, -0.1) is 16.8 Å². The van der Waals surface area contributed by atoms with Crippen molar-refractivity contribution < 1.29 is 4.79 Å². The van der Waals surface area contributed by atoms with Crippen LogP contribution in [0.1, 0.15) is 29.8 Å². The molecule has 0 aliphatic carbocycles. The highest BCUT2D eigenvalue weighted by atomic mass is 16.1. The molecule has 1 aromatic heterocycles. The number of nitrogens with two attached hydrogens (primary N) is 1. The molecular formula is C12H16N4O. The third-order valence-electron chi connectivity index (χ3n) is 3.02. The van der Waals surface area contributed by atoms with Crippen molar-refractivity contribution in [1.29, 1.82) is 0 Å². The van der Waals surface area contributed by atoms with Gasteiger partial charge in [0.15, 0.2) is 11.5 Å². The third kappa shape index (κ3) is 2.43. The molecule has 1 aromatic rings. The molecule has 5 nitrogen and oxygen atoms in total. The van der Waals surface area contributed by atoms with E-state index in [-0.39, 0.29) is 5.69 Å². The summed E-state index contributed by atoms with van der Waals surface area (Å²) >= 11 is 0. The Kier molecular flexibility index (Phi) is 3.37. The van der Waals surface area contributed by atoms with E-state index in [1.165, 1.54) is 6.42 Å². The van der Waals surface area contributed by atoms with Gasteiger partial charge in [0, 0.05) is 12.6 Å². The lowest BCUT2D eigenvalue weighted by atomic mass is 10.0. The van der Waals surface area contributed by atoms with Gasteiger partial charge in [0.2, 0.25) is 0 Å². The van der Waals surface area contributed by atoms with Gasteiger partial charge < -0.3 is 10.6 Å². The van der Waals surface area contributed by atoms with E-state index in [1.807, 2.05) is 6.08 Å². The summed E-state index contributed by atoms with van der Waals surface area (Å²) in [6.45, 7) is 4.79. The Hall–Kier alpha value is -1.91. The molecule has 1 atom stereocenters. The van der Waals surface area contributed by atoms with Crippen LogP contribution in [0, 0.1) is 0 Å². The van der Waals surface area contributed by atoms with Crippen molar-refractivity contribution in [1.82, 2.24) is 10.2 Å². The summed E-state index contributed by atoms with van der Waals surface area (Å²) < 4.78 is 0. The highest BCUT2D eigenvalue weighted by Gasteiger charge is 2.21. The van der Waals surface area contributed by atoms with E-state index in [0.29, 0.717) is 6.04 Å².